The predicted molar refractivity (Wildman–Crippen MR) is 113 cm³/mol. The van der Waals surface area contributed by atoms with Crippen LogP contribution in [0, 0.1) is 11.7 Å². The zero-order valence-corrected chi connectivity index (χ0v) is 16.4. The number of piperidine rings is 2. The van der Waals surface area contributed by atoms with Crippen LogP contribution in [0.4, 0.5) is 21.6 Å². The maximum atomic E-state index is 13.7. The molecule has 2 fully saturated rings. The standard InChI is InChI=1S/C22H30FN5/c23-18-5-4-6-19(13-18)28-12-8-17(15-24)21(16-28)26-22-14-20(7-9-25-22)27-10-2-1-3-11-27/h4-7,9,13-14,17,21H,1-3,8,10-12,15-16,24H2,(H,25,26)/t17-,21+/m0/s1. The predicted octanol–water partition coefficient (Wildman–Crippen LogP) is 3.48. The van der Waals surface area contributed by atoms with Crippen LogP contribution in [0.15, 0.2) is 42.6 Å². The van der Waals surface area contributed by atoms with Gasteiger partial charge in [0.05, 0.1) is 0 Å². The fourth-order valence-electron chi connectivity index (χ4n) is 4.39. The quantitative estimate of drug-likeness (QED) is 0.828. The molecule has 2 aliphatic heterocycles. The number of benzene rings is 1. The Morgan fingerprint density at radius 1 is 1.04 bits per heavy atom. The minimum Gasteiger partial charge on any atom is -0.371 e. The summed E-state index contributed by atoms with van der Waals surface area (Å²) in [4.78, 5) is 9.23. The van der Waals surface area contributed by atoms with Crippen molar-refractivity contribution in [3.8, 4) is 0 Å². The lowest BCUT2D eigenvalue weighted by atomic mass is 9.91. The van der Waals surface area contributed by atoms with Crippen molar-refractivity contribution in [1.29, 1.82) is 0 Å². The molecule has 1 aromatic heterocycles. The summed E-state index contributed by atoms with van der Waals surface area (Å²) in [6.45, 7) is 4.56. The van der Waals surface area contributed by atoms with Gasteiger partial charge in [-0.1, -0.05) is 6.07 Å². The van der Waals surface area contributed by atoms with E-state index in [0.717, 1.165) is 44.1 Å². The van der Waals surface area contributed by atoms with Crippen LogP contribution in [0.1, 0.15) is 25.7 Å². The number of nitrogens with one attached hydrogen (secondary N) is 1. The summed E-state index contributed by atoms with van der Waals surface area (Å²) in [5.41, 5.74) is 8.22. The monoisotopic (exact) mass is 383 g/mol. The highest BCUT2D eigenvalue weighted by Crippen LogP contribution is 2.27. The molecule has 2 aromatic rings. The van der Waals surface area contributed by atoms with Gasteiger partial charge in [0.25, 0.3) is 0 Å². The fourth-order valence-corrected chi connectivity index (χ4v) is 4.39. The van der Waals surface area contributed by atoms with Crippen molar-refractivity contribution >= 4 is 17.2 Å². The molecule has 0 bridgehead atoms. The highest BCUT2D eigenvalue weighted by molar-refractivity contribution is 5.55. The smallest absolute Gasteiger partial charge is 0.128 e. The van der Waals surface area contributed by atoms with E-state index in [1.165, 1.54) is 31.0 Å². The highest BCUT2D eigenvalue weighted by atomic mass is 19.1. The van der Waals surface area contributed by atoms with E-state index in [9.17, 15) is 4.39 Å². The Morgan fingerprint density at radius 3 is 2.64 bits per heavy atom. The largest absolute Gasteiger partial charge is 0.371 e. The van der Waals surface area contributed by atoms with Crippen LogP contribution < -0.4 is 20.9 Å². The van der Waals surface area contributed by atoms with Crippen molar-refractivity contribution in [3.63, 3.8) is 0 Å². The highest BCUT2D eigenvalue weighted by Gasteiger charge is 2.29. The van der Waals surface area contributed by atoms with Gasteiger partial charge in [-0.3, -0.25) is 0 Å². The van der Waals surface area contributed by atoms with Crippen LogP contribution in [-0.2, 0) is 0 Å². The van der Waals surface area contributed by atoms with E-state index in [4.69, 9.17) is 5.73 Å². The zero-order chi connectivity index (χ0) is 19.3. The molecule has 0 unspecified atom stereocenters. The maximum absolute atomic E-state index is 13.7. The molecule has 0 saturated carbocycles. The van der Waals surface area contributed by atoms with Crippen LogP contribution in [0.25, 0.3) is 0 Å². The van der Waals surface area contributed by atoms with Crippen LogP contribution >= 0.6 is 0 Å². The van der Waals surface area contributed by atoms with E-state index in [0.29, 0.717) is 12.5 Å². The Kier molecular flexibility index (Phi) is 5.95. The lowest BCUT2D eigenvalue weighted by molar-refractivity contribution is 0.377. The molecule has 5 nitrogen and oxygen atoms in total. The molecule has 2 saturated heterocycles. The zero-order valence-electron chi connectivity index (χ0n) is 16.4. The molecule has 2 aliphatic rings. The summed E-state index contributed by atoms with van der Waals surface area (Å²) in [7, 11) is 0. The molecule has 28 heavy (non-hydrogen) atoms. The third-order valence-corrected chi connectivity index (χ3v) is 6.03. The van der Waals surface area contributed by atoms with E-state index < -0.39 is 0 Å². The molecule has 0 radical (unpaired) electrons. The van der Waals surface area contributed by atoms with Gasteiger partial charge in [0.15, 0.2) is 0 Å². The Labute approximate surface area is 166 Å². The third-order valence-electron chi connectivity index (χ3n) is 6.03. The summed E-state index contributed by atoms with van der Waals surface area (Å²) in [5, 5.41) is 3.62. The van der Waals surface area contributed by atoms with E-state index in [-0.39, 0.29) is 11.9 Å². The van der Waals surface area contributed by atoms with Gasteiger partial charge >= 0.3 is 0 Å². The molecule has 3 N–H and O–H groups in total. The number of aromatic nitrogens is 1. The van der Waals surface area contributed by atoms with Crippen molar-refractivity contribution in [1.82, 2.24) is 4.98 Å². The molecular weight excluding hydrogens is 353 g/mol. The summed E-state index contributed by atoms with van der Waals surface area (Å²) < 4.78 is 13.7. The summed E-state index contributed by atoms with van der Waals surface area (Å²) in [6, 6.07) is 11.3. The summed E-state index contributed by atoms with van der Waals surface area (Å²) in [6.07, 6.45) is 6.70. The average molecular weight is 384 g/mol. The van der Waals surface area contributed by atoms with E-state index >= 15 is 0 Å². The number of rotatable bonds is 5. The van der Waals surface area contributed by atoms with Crippen molar-refractivity contribution in [3.05, 3.63) is 48.4 Å². The Hall–Kier alpha value is -2.34. The first-order valence-corrected chi connectivity index (χ1v) is 10.4. The number of pyridine rings is 1. The maximum Gasteiger partial charge on any atom is 0.128 e. The fraction of sp³-hybridized carbons (Fsp3) is 0.500. The first-order chi connectivity index (χ1) is 13.7. The number of hydrogen-bond acceptors (Lipinski definition) is 5. The Balaban J connectivity index is 1.48. The average Bonchev–Trinajstić information content (AvgIpc) is 2.74. The molecule has 0 aliphatic carbocycles. The first kappa shape index (κ1) is 19.0. The molecule has 4 rings (SSSR count). The topological polar surface area (TPSA) is 57.4 Å². The van der Waals surface area contributed by atoms with Crippen molar-refractivity contribution in [2.24, 2.45) is 11.7 Å². The minimum atomic E-state index is -0.196. The number of anilines is 3. The van der Waals surface area contributed by atoms with Gasteiger partial charge in [-0.2, -0.15) is 0 Å². The summed E-state index contributed by atoms with van der Waals surface area (Å²) >= 11 is 0. The van der Waals surface area contributed by atoms with E-state index in [1.54, 1.807) is 12.1 Å². The second-order valence-electron chi connectivity index (χ2n) is 7.91. The molecule has 3 heterocycles. The van der Waals surface area contributed by atoms with Gasteiger partial charge in [0.2, 0.25) is 0 Å². The number of halogens is 1. The number of nitrogens with zero attached hydrogens (tertiary/aromatic N) is 3. The van der Waals surface area contributed by atoms with Gasteiger partial charge in [0.1, 0.15) is 11.6 Å². The normalized spacial score (nSPS) is 22.9. The van der Waals surface area contributed by atoms with Crippen LogP contribution in [0.2, 0.25) is 0 Å². The lowest BCUT2D eigenvalue weighted by Crippen LogP contribution is -2.50. The van der Waals surface area contributed by atoms with E-state index in [2.05, 4.69) is 32.2 Å². The Bertz CT molecular complexity index is 777. The van der Waals surface area contributed by atoms with Crippen molar-refractivity contribution in [2.75, 3.05) is 47.8 Å². The summed E-state index contributed by atoms with van der Waals surface area (Å²) in [5.74, 6) is 1.08. The molecule has 2 atom stereocenters. The van der Waals surface area contributed by atoms with Crippen molar-refractivity contribution in [2.45, 2.75) is 31.7 Å². The van der Waals surface area contributed by atoms with Gasteiger partial charge in [0, 0.05) is 55.9 Å². The second kappa shape index (κ2) is 8.78. The molecule has 0 spiro atoms. The van der Waals surface area contributed by atoms with Crippen LogP contribution in [0.3, 0.4) is 0 Å². The minimum absolute atomic E-state index is 0.186. The Morgan fingerprint density at radius 2 is 1.86 bits per heavy atom. The van der Waals surface area contributed by atoms with Gasteiger partial charge in [-0.05, 0) is 62.4 Å². The third kappa shape index (κ3) is 4.38. The molecule has 0 amide bonds. The van der Waals surface area contributed by atoms with E-state index in [1.807, 2.05) is 12.3 Å². The van der Waals surface area contributed by atoms with Crippen molar-refractivity contribution < 1.29 is 4.39 Å². The number of nitrogens with two attached hydrogens (primary N) is 1. The SMILES string of the molecule is NC[C@@H]1CCN(c2cccc(F)c2)C[C@H]1Nc1cc(N2CCCCC2)ccn1. The van der Waals surface area contributed by atoms with Crippen LogP contribution in [0.5, 0.6) is 0 Å². The van der Waals surface area contributed by atoms with Gasteiger partial charge in [-0.25, -0.2) is 9.37 Å². The van der Waals surface area contributed by atoms with Crippen LogP contribution in [-0.4, -0.2) is 43.7 Å². The second-order valence-corrected chi connectivity index (χ2v) is 7.91. The number of hydrogen-bond donors (Lipinski definition) is 2. The van der Waals surface area contributed by atoms with Gasteiger partial charge < -0.3 is 20.9 Å². The van der Waals surface area contributed by atoms with Gasteiger partial charge in [-0.15, -0.1) is 0 Å². The molecule has 150 valence electrons. The molecule has 1 aromatic carbocycles. The molecular formula is C22H30FN5. The first-order valence-electron chi connectivity index (χ1n) is 10.4. The lowest BCUT2D eigenvalue weighted by Gasteiger charge is -2.40. The molecule has 6 heteroatoms.